The predicted octanol–water partition coefficient (Wildman–Crippen LogP) is 1.83. The molecule has 1 fully saturated rings. The zero-order valence-corrected chi connectivity index (χ0v) is 19.2. The number of nitrogen functional groups attached to an aromatic ring is 1. The summed E-state index contributed by atoms with van der Waals surface area (Å²) in [5, 5.41) is 9.23. The van der Waals surface area contributed by atoms with E-state index >= 15 is 0 Å². The Morgan fingerprint density at radius 2 is 1.76 bits per heavy atom. The van der Waals surface area contributed by atoms with Crippen LogP contribution in [-0.2, 0) is 36.8 Å². The number of carbonyl (C=O) groups is 4. The Hall–Kier alpha value is -4.01. The van der Waals surface area contributed by atoms with Gasteiger partial charge in [0.2, 0.25) is 11.8 Å². The van der Waals surface area contributed by atoms with Crippen LogP contribution in [0.15, 0.2) is 54.6 Å². The van der Waals surface area contributed by atoms with Gasteiger partial charge in [-0.1, -0.05) is 54.6 Å². The number of carbonyl (C=O) groups excluding carboxylic acids is 4. The molecule has 1 aliphatic heterocycles. The molecule has 3 amide bonds. The van der Waals surface area contributed by atoms with Gasteiger partial charge < -0.3 is 10.5 Å². The predicted molar refractivity (Wildman–Crippen MR) is 124 cm³/mol. The monoisotopic (exact) mass is 464 g/mol. The molecular weight excluding hydrogens is 436 g/mol. The topological polar surface area (TPSA) is 134 Å². The molecule has 2 aromatic rings. The molecule has 0 aromatic heterocycles. The van der Waals surface area contributed by atoms with Crippen molar-refractivity contribution in [3.8, 4) is 0 Å². The van der Waals surface area contributed by atoms with Crippen LogP contribution in [0.25, 0.3) is 0 Å². The summed E-state index contributed by atoms with van der Waals surface area (Å²) in [6, 6.07) is 15.1. The van der Waals surface area contributed by atoms with E-state index in [2.05, 4.69) is 0 Å². The molecule has 0 radical (unpaired) electrons. The number of imide groups is 1. The average molecular weight is 465 g/mol. The first-order valence-corrected chi connectivity index (χ1v) is 10.9. The molecule has 1 heterocycles. The summed E-state index contributed by atoms with van der Waals surface area (Å²) in [4.78, 5) is 51.3. The van der Waals surface area contributed by atoms with Crippen molar-refractivity contribution in [1.29, 1.82) is 5.41 Å². The average Bonchev–Trinajstić information content (AvgIpc) is 3.09. The summed E-state index contributed by atoms with van der Waals surface area (Å²) < 4.78 is 4.91. The van der Waals surface area contributed by atoms with Gasteiger partial charge in [-0.2, -0.15) is 5.01 Å². The number of nitrogens with two attached hydrogens (primary N) is 1. The Labute approximate surface area is 198 Å². The second-order valence-electron chi connectivity index (χ2n) is 8.19. The van der Waals surface area contributed by atoms with Crippen LogP contribution in [0.2, 0.25) is 0 Å². The Kier molecular flexibility index (Phi) is 7.78. The number of hydrazine groups is 1. The first kappa shape index (κ1) is 24.6. The number of methoxy groups -OCH3 is 1. The molecule has 1 aliphatic rings. The summed E-state index contributed by atoms with van der Waals surface area (Å²) in [7, 11) is 1.21. The van der Waals surface area contributed by atoms with Crippen molar-refractivity contribution in [3.63, 3.8) is 0 Å². The summed E-state index contributed by atoms with van der Waals surface area (Å²) in [6.45, 7) is 1.22. The minimum Gasteiger partial charge on any atom is -0.467 e. The van der Waals surface area contributed by atoms with E-state index in [-0.39, 0.29) is 25.1 Å². The molecule has 2 atom stereocenters. The third-order valence-corrected chi connectivity index (χ3v) is 5.82. The van der Waals surface area contributed by atoms with Crippen molar-refractivity contribution in [1.82, 2.24) is 10.0 Å². The van der Waals surface area contributed by atoms with Crippen molar-refractivity contribution in [2.75, 3.05) is 7.11 Å². The molecule has 1 saturated heterocycles. The normalized spacial score (nSPS) is 16.3. The van der Waals surface area contributed by atoms with Crippen molar-refractivity contribution >= 4 is 29.5 Å². The van der Waals surface area contributed by atoms with E-state index in [1.165, 1.54) is 14.0 Å². The zero-order chi connectivity index (χ0) is 24.8. The molecule has 3 rings (SSSR count). The Bertz CT molecular complexity index is 1080. The number of hydrogen-bond acceptors (Lipinski definition) is 6. The van der Waals surface area contributed by atoms with Crippen molar-refractivity contribution in [3.05, 3.63) is 71.3 Å². The number of amides is 3. The number of rotatable bonds is 9. The first-order chi connectivity index (χ1) is 16.2. The summed E-state index contributed by atoms with van der Waals surface area (Å²) in [6.07, 6.45) is 0.832. The lowest BCUT2D eigenvalue weighted by molar-refractivity contribution is -0.179. The van der Waals surface area contributed by atoms with E-state index in [1.54, 1.807) is 24.3 Å². The van der Waals surface area contributed by atoms with Gasteiger partial charge in [0, 0.05) is 18.9 Å². The largest absolute Gasteiger partial charge is 0.467 e. The Balaban J connectivity index is 1.81. The number of amidine groups is 1. The second-order valence-corrected chi connectivity index (χ2v) is 8.19. The lowest BCUT2D eigenvalue weighted by atomic mass is 9.97. The molecule has 0 aliphatic carbocycles. The summed E-state index contributed by atoms with van der Waals surface area (Å²) >= 11 is 0. The van der Waals surface area contributed by atoms with Gasteiger partial charge in [-0.15, -0.1) is 0 Å². The van der Waals surface area contributed by atoms with E-state index in [9.17, 15) is 19.2 Å². The number of hydrogen-bond donors (Lipinski definition) is 2. The smallest absolute Gasteiger partial charge is 0.330 e. The van der Waals surface area contributed by atoms with E-state index in [4.69, 9.17) is 15.9 Å². The van der Waals surface area contributed by atoms with Crippen molar-refractivity contribution in [2.45, 2.75) is 38.6 Å². The quantitative estimate of drug-likeness (QED) is 0.252. The second kappa shape index (κ2) is 10.7. The number of nitrogens with zero attached hydrogens (tertiary/aromatic N) is 2. The molecule has 3 N–H and O–H groups in total. The Morgan fingerprint density at radius 1 is 1.12 bits per heavy atom. The van der Waals surface area contributed by atoms with Crippen LogP contribution in [0.1, 0.15) is 36.5 Å². The van der Waals surface area contributed by atoms with E-state index in [0.29, 0.717) is 12.0 Å². The highest BCUT2D eigenvalue weighted by molar-refractivity contribution is 6.05. The van der Waals surface area contributed by atoms with Crippen LogP contribution in [0.3, 0.4) is 0 Å². The molecule has 178 valence electrons. The summed E-state index contributed by atoms with van der Waals surface area (Å²) in [5.74, 6) is -3.12. The van der Waals surface area contributed by atoms with Crippen LogP contribution >= 0.6 is 0 Å². The van der Waals surface area contributed by atoms with Crippen molar-refractivity contribution in [2.24, 2.45) is 11.7 Å². The minimum atomic E-state index is -1.12. The minimum absolute atomic E-state index is 0.0636. The molecular formula is C25H28N4O5. The fraction of sp³-hybridized carbons (Fsp3) is 0.320. The zero-order valence-electron chi connectivity index (χ0n) is 19.2. The van der Waals surface area contributed by atoms with Gasteiger partial charge in [-0.3, -0.25) is 19.8 Å². The fourth-order valence-electron chi connectivity index (χ4n) is 4.09. The highest BCUT2D eigenvalue weighted by Gasteiger charge is 2.46. The van der Waals surface area contributed by atoms with Gasteiger partial charge in [-0.05, 0) is 30.4 Å². The SMILES string of the molecule is COC(=O)C(CCc1ccccc1)N(C(C)=O)N1C(=O)CC(Cc2ccc(C(=N)N)cc2)C1=O. The molecule has 0 saturated carbocycles. The standard InChI is InChI=1S/C25H28N4O5/c1-16(30)28(21(25(33)34-2)13-10-17-6-4-3-5-7-17)29-22(31)15-20(24(29)32)14-18-8-11-19(12-9-18)23(26)27/h3-9,11-12,20-21H,10,13-15H2,1-2H3,(H3,26,27). The molecule has 34 heavy (non-hydrogen) atoms. The van der Waals surface area contributed by atoms with E-state index < -0.39 is 35.7 Å². The maximum Gasteiger partial charge on any atom is 0.330 e. The van der Waals surface area contributed by atoms with Gasteiger partial charge in [0.05, 0.1) is 13.0 Å². The van der Waals surface area contributed by atoms with E-state index in [0.717, 1.165) is 21.1 Å². The fourth-order valence-corrected chi connectivity index (χ4v) is 4.09. The van der Waals surface area contributed by atoms with Crippen LogP contribution < -0.4 is 5.73 Å². The van der Waals surface area contributed by atoms with Gasteiger partial charge in [0.25, 0.3) is 5.91 Å². The maximum atomic E-state index is 13.2. The molecule has 2 unspecified atom stereocenters. The molecule has 0 bridgehead atoms. The lowest BCUT2D eigenvalue weighted by Gasteiger charge is -2.34. The number of ether oxygens (including phenoxy) is 1. The molecule has 0 spiro atoms. The highest BCUT2D eigenvalue weighted by atomic mass is 16.5. The van der Waals surface area contributed by atoms with Gasteiger partial charge in [-0.25, -0.2) is 9.80 Å². The van der Waals surface area contributed by atoms with Crippen LogP contribution in [0.4, 0.5) is 0 Å². The maximum absolute atomic E-state index is 13.2. The van der Waals surface area contributed by atoms with Gasteiger partial charge in [0.1, 0.15) is 5.84 Å². The van der Waals surface area contributed by atoms with Crippen LogP contribution in [0, 0.1) is 11.3 Å². The first-order valence-electron chi connectivity index (χ1n) is 10.9. The number of nitrogens with one attached hydrogen (secondary N) is 1. The number of esters is 1. The van der Waals surface area contributed by atoms with Gasteiger partial charge in [0.15, 0.2) is 6.04 Å². The molecule has 9 heteroatoms. The van der Waals surface area contributed by atoms with Crippen molar-refractivity contribution < 1.29 is 23.9 Å². The number of aryl methyl sites for hydroxylation is 1. The van der Waals surface area contributed by atoms with E-state index in [1.807, 2.05) is 30.3 Å². The van der Waals surface area contributed by atoms with Gasteiger partial charge >= 0.3 is 5.97 Å². The summed E-state index contributed by atoms with van der Waals surface area (Å²) in [5.41, 5.74) is 7.78. The molecule has 2 aromatic carbocycles. The van der Waals surface area contributed by atoms with Crippen LogP contribution in [0.5, 0.6) is 0 Å². The highest BCUT2D eigenvalue weighted by Crippen LogP contribution is 2.28. The number of benzene rings is 2. The third-order valence-electron chi connectivity index (χ3n) is 5.82. The van der Waals surface area contributed by atoms with Crippen LogP contribution in [-0.4, -0.2) is 52.7 Å². The third kappa shape index (κ3) is 5.48. The molecule has 9 nitrogen and oxygen atoms in total. The Morgan fingerprint density at radius 3 is 2.32 bits per heavy atom. The lowest BCUT2D eigenvalue weighted by Crippen LogP contribution is -2.57.